The molecule has 0 bridgehead atoms. The van der Waals surface area contributed by atoms with Gasteiger partial charge in [0.15, 0.2) is 17.3 Å². The minimum atomic E-state index is 0.109. The summed E-state index contributed by atoms with van der Waals surface area (Å²) in [5, 5.41) is 0. The van der Waals surface area contributed by atoms with E-state index in [1.165, 1.54) is 31.6 Å². The van der Waals surface area contributed by atoms with Crippen molar-refractivity contribution in [2.45, 2.75) is 39.2 Å². The SMILES string of the molecule is CCC[N+]1(Cc2ccccc2)CCC(C2Cc3cc(OC)c(OC)cc3C2=O)CC1. The molecule has 2 aliphatic rings. The van der Waals surface area contributed by atoms with Crippen molar-refractivity contribution in [3.8, 4) is 11.5 Å². The fraction of sp³-hybridized carbons (Fsp3) is 0.500. The molecule has 1 aliphatic carbocycles. The summed E-state index contributed by atoms with van der Waals surface area (Å²) in [6.45, 7) is 6.94. The Labute approximate surface area is 180 Å². The van der Waals surface area contributed by atoms with E-state index < -0.39 is 0 Å². The Kier molecular flexibility index (Phi) is 6.14. The maximum absolute atomic E-state index is 13.2. The predicted octanol–water partition coefficient (Wildman–Crippen LogP) is 4.90. The van der Waals surface area contributed by atoms with Crippen molar-refractivity contribution in [1.82, 2.24) is 0 Å². The van der Waals surface area contributed by atoms with Gasteiger partial charge in [0.05, 0.1) is 33.9 Å². The number of piperidine rings is 1. The van der Waals surface area contributed by atoms with Crippen LogP contribution in [0.4, 0.5) is 0 Å². The van der Waals surface area contributed by atoms with Gasteiger partial charge in [-0.05, 0) is 36.5 Å². The molecule has 0 amide bonds. The van der Waals surface area contributed by atoms with Crippen LogP contribution < -0.4 is 9.47 Å². The van der Waals surface area contributed by atoms with Crippen LogP contribution in [0.2, 0.25) is 0 Å². The topological polar surface area (TPSA) is 35.5 Å². The largest absolute Gasteiger partial charge is 0.493 e. The Balaban J connectivity index is 1.47. The molecule has 0 radical (unpaired) electrons. The highest BCUT2D eigenvalue weighted by Gasteiger charge is 2.42. The Morgan fingerprint density at radius 1 is 1.00 bits per heavy atom. The zero-order valence-electron chi connectivity index (χ0n) is 18.5. The van der Waals surface area contributed by atoms with Gasteiger partial charge >= 0.3 is 0 Å². The lowest BCUT2D eigenvalue weighted by molar-refractivity contribution is -0.946. The molecular weight excluding hydrogens is 374 g/mol. The third-order valence-corrected chi connectivity index (χ3v) is 7.23. The fourth-order valence-corrected chi connectivity index (χ4v) is 5.67. The summed E-state index contributed by atoms with van der Waals surface area (Å²) < 4.78 is 12.0. The number of quaternary nitrogens is 1. The zero-order valence-corrected chi connectivity index (χ0v) is 18.5. The number of hydrogen-bond donors (Lipinski definition) is 0. The fourth-order valence-electron chi connectivity index (χ4n) is 5.67. The van der Waals surface area contributed by atoms with E-state index in [1.807, 2.05) is 12.1 Å². The Hall–Kier alpha value is -2.33. The Bertz CT molecular complexity index is 885. The summed E-state index contributed by atoms with van der Waals surface area (Å²) in [6.07, 6.45) is 4.30. The third-order valence-electron chi connectivity index (χ3n) is 7.23. The molecule has 2 aromatic rings. The molecule has 1 unspecified atom stereocenters. The van der Waals surface area contributed by atoms with Gasteiger partial charge in [0.1, 0.15) is 6.54 Å². The molecule has 0 aromatic heterocycles. The van der Waals surface area contributed by atoms with Crippen LogP contribution in [0.15, 0.2) is 42.5 Å². The van der Waals surface area contributed by atoms with E-state index in [0.717, 1.165) is 47.2 Å². The second kappa shape index (κ2) is 8.81. The van der Waals surface area contributed by atoms with Crippen molar-refractivity contribution in [3.05, 3.63) is 59.2 Å². The zero-order chi connectivity index (χ0) is 21.1. The average Bonchev–Trinajstić information content (AvgIpc) is 3.09. The van der Waals surface area contributed by atoms with Crippen LogP contribution in [0.3, 0.4) is 0 Å². The van der Waals surface area contributed by atoms with E-state index in [4.69, 9.17) is 9.47 Å². The number of nitrogens with zero attached hydrogens (tertiary/aromatic N) is 1. The highest BCUT2D eigenvalue weighted by Crippen LogP contribution is 2.42. The first-order valence-electron chi connectivity index (χ1n) is 11.3. The van der Waals surface area contributed by atoms with Crippen LogP contribution in [0.1, 0.15) is 47.7 Å². The van der Waals surface area contributed by atoms with Crippen LogP contribution in [0, 0.1) is 11.8 Å². The second-order valence-electron chi connectivity index (χ2n) is 9.03. The molecule has 160 valence electrons. The van der Waals surface area contributed by atoms with Gasteiger partial charge in [0.25, 0.3) is 0 Å². The van der Waals surface area contributed by atoms with Crippen LogP contribution in [0.25, 0.3) is 0 Å². The number of carbonyl (C=O) groups is 1. The second-order valence-corrected chi connectivity index (χ2v) is 9.03. The molecule has 1 saturated heterocycles. The molecule has 0 N–H and O–H groups in total. The first kappa shape index (κ1) is 20.9. The quantitative estimate of drug-likeness (QED) is 0.612. The molecule has 1 atom stereocenters. The van der Waals surface area contributed by atoms with Gasteiger partial charge in [-0.15, -0.1) is 0 Å². The minimum Gasteiger partial charge on any atom is -0.493 e. The lowest BCUT2D eigenvalue weighted by atomic mass is 9.81. The van der Waals surface area contributed by atoms with Crippen LogP contribution in [0.5, 0.6) is 11.5 Å². The molecule has 4 rings (SSSR count). The van der Waals surface area contributed by atoms with Crippen molar-refractivity contribution in [3.63, 3.8) is 0 Å². The summed E-state index contributed by atoms with van der Waals surface area (Å²) in [4.78, 5) is 13.2. The van der Waals surface area contributed by atoms with Crippen LogP contribution >= 0.6 is 0 Å². The molecule has 4 nitrogen and oxygen atoms in total. The molecule has 30 heavy (non-hydrogen) atoms. The number of methoxy groups -OCH3 is 2. The molecule has 2 aromatic carbocycles. The van der Waals surface area contributed by atoms with Crippen molar-refractivity contribution < 1.29 is 18.8 Å². The molecular formula is C26H34NO3+. The monoisotopic (exact) mass is 408 g/mol. The highest BCUT2D eigenvalue weighted by molar-refractivity contribution is 6.03. The van der Waals surface area contributed by atoms with Gasteiger partial charge in [0, 0.05) is 29.9 Å². The van der Waals surface area contributed by atoms with Crippen LogP contribution in [-0.4, -0.2) is 44.1 Å². The van der Waals surface area contributed by atoms with E-state index in [9.17, 15) is 4.79 Å². The summed E-state index contributed by atoms with van der Waals surface area (Å²) in [6, 6.07) is 14.8. The van der Waals surface area contributed by atoms with Gasteiger partial charge in [-0.25, -0.2) is 0 Å². The summed E-state index contributed by atoms with van der Waals surface area (Å²) in [5.41, 5.74) is 3.38. The van der Waals surface area contributed by atoms with Gasteiger partial charge in [-0.1, -0.05) is 37.3 Å². The average molecular weight is 409 g/mol. The molecule has 1 fully saturated rings. The number of Topliss-reactive ketones (excluding diaryl/α,β-unsaturated/α-hetero) is 1. The number of likely N-dealkylation sites (tertiary alicyclic amines) is 1. The summed E-state index contributed by atoms with van der Waals surface area (Å²) in [5.74, 6) is 2.25. The molecule has 1 aliphatic heterocycles. The number of ether oxygens (including phenoxy) is 2. The van der Waals surface area contributed by atoms with Gasteiger partial charge < -0.3 is 14.0 Å². The number of carbonyl (C=O) groups excluding carboxylic acids is 1. The smallest absolute Gasteiger partial charge is 0.166 e. The first-order chi connectivity index (χ1) is 14.6. The highest BCUT2D eigenvalue weighted by atomic mass is 16.5. The molecule has 0 spiro atoms. The van der Waals surface area contributed by atoms with Crippen LogP contribution in [-0.2, 0) is 13.0 Å². The maximum Gasteiger partial charge on any atom is 0.166 e. The lowest BCUT2D eigenvalue weighted by Gasteiger charge is -2.45. The van der Waals surface area contributed by atoms with Crippen molar-refractivity contribution >= 4 is 5.78 Å². The standard InChI is InChI=1S/C26H34NO3/c1-4-12-27(18-19-8-6-5-7-9-19)13-10-20(11-14-27)22-15-21-16-24(29-2)25(30-3)17-23(21)26(22)28/h5-9,16-17,20,22H,4,10-15,18H2,1-3H3/q+1. The van der Waals surface area contributed by atoms with Crippen molar-refractivity contribution in [1.29, 1.82) is 0 Å². The third kappa shape index (κ3) is 3.98. The lowest BCUT2D eigenvalue weighted by Crippen LogP contribution is -2.53. The van der Waals surface area contributed by atoms with E-state index in [2.05, 4.69) is 37.3 Å². The number of fused-ring (bicyclic) bond motifs is 1. The summed E-state index contributed by atoms with van der Waals surface area (Å²) in [7, 11) is 3.28. The van der Waals surface area contributed by atoms with Gasteiger partial charge in [0.2, 0.25) is 0 Å². The van der Waals surface area contributed by atoms with E-state index >= 15 is 0 Å². The minimum absolute atomic E-state index is 0.109. The molecule has 4 heteroatoms. The van der Waals surface area contributed by atoms with E-state index in [0.29, 0.717) is 17.5 Å². The van der Waals surface area contributed by atoms with E-state index in [1.54, 1.807) is 14.2 Å². The molecule has 1 heterocycles. The van der Waals surface area contributed by atoms with E-state index in [-0.39, 0.29) is 5.92 Å². The number of ketones is 1. The normalized spacial score (nSPS) is 25.8. The Morgan fingerprint density at radius 2 is 1.67 bits per heavy atom. The summed E-state index contributed by atoms with van der Waals surface area (Å²) >= 11 is 0. The number of hydrogen-bond acceptors (Lipinski definition) is 3. The van der Waals surface area contributed by atoms with Gasteiger partial charge in [-0.3, -0.25) is 4.79 Å². The maximum atomic E-state index is 13.2. The number of benzene rings is 2. The van der Waals surface area contributed by atoms with Gasteiger partial charge in [-0.2, -0.15) is 0 Å². The van der Waals surface area contributed by atoms with Crippen molar-refractivity contribution in [2.24, 2.45) is 11.8 Å². The molecule has 0 saturated carbocycles. The first-order valence-corrected chi connectivity index (χ1v) is 11.3. The Morgan fingerprint density at radius 3 is 2.30 bits per heavy atom. The number of rotatable bonds is 7. The predicted molar refractivity (Wildman–Crippen MR) is 119 cm³/mol. The van der Waals surface area contributed by atoms with Crippen molar-refractivity contribution in [2.75, 3.05) is 33.9 Å².